The van der Waals surface area contributed by atoms with Crippen molar-refractivity contribution in [2.24, 2.45) is 0 Å². The van der Waals surface area contributed by atoms with E-state index in [9.17, 15) is 0 Å². The van der Waals surface area contributed by atoms with Crippen LogP contribution in [0.2, 0.25) is 5.28 Å². The lowest BCUT2D eigenvalue weighted by Gasteiger charge is -2.20. The summed E-state index contributed by atoms with van der Waals surface area (Å²) in [4.78, 5) is 10.7. The number of rotatable bonds is 3. The average molecular weight is 267 g/mol. The molecule has 2 aromatic rings. The molecule has 1 unspecified atom stereocenters. The Balaban J connectivity index is 1.79. The van der Waals surface area contributed by atoms with Crippen LogP contribution in [-0.2, 0) is 0 Å². The van der Waals surface area contributed by atoms with Crippen LogP contribution in [0, 0.1) is 0 Å². The predicted octanol–water partition coefficient (Wildman–Crippen LogP) is 1.51. The molecule has 1 aliphatic rings. The third kappa shape index (κ3) is 2.13. The lowest BCUT2D eigenvalue weighted by molar-refractivity contribution is 0.322. The second-order valence-corrected chi connectivity index (χ2v) is 4.97. The molecule has 2 N–H and O–H groups in total. The van der Waals surface area contributed by atoms with Crippen molar-refractivity contribution < 1.29 is 0 Å². The first kappa shape index (κ1) is 11.7. The second-order valence-electron chi connectivity index (χ2n) is 4.63. The zero-order valence-corrected chi connectivity index (χ0v) is 10.9. The summed E-state index contributed by atoms with van der Waals surface area (Å²) in [6.07, 6.45) is 4.19. The molecule has 3 rings (SSSR count). The lowest BCUT2D eigenvalue weighted by atomic mass is 10.2. The molecule has 1 aliphatic heterocycles. The Morgan fingerprint density at radius 1 is 1.56 bits per heavy atom. The molecule has 0 aromatic carbocycles. The first-order valence-corrected chi connectivity index (χ1v) is 6.42. The van der Waals surface area contributed by atoms with Gasteiger partial charge in [-0.2, -0.15) is 15.1 Å². The number of halogens is 1. The van der Waals surface area contributed by atoms with Crippen molar-refractivity contribution >= 4 is 28.5 Å². The zero-order chi connectivity index (χ0) is 12.5. The number of likely N-dealkylation sites (tertiary alicyclic amines) is 1. The Kier molecular flexibility index (Phi) is 3.05. The van der Waals surface area contributed by atoms with Gasteiger partial charge in [-0.25, -0.2) is 0 Å². The van der Waals surface area contributed by atoms with Crippen molar-refractivity contribution in [3.8, 4) is 0 Å². The Hall–Kier alpha value is -1.40. The fourth-order valence-electron chi connectivity index (χ4n) is 2.39. The van der Waals surface area contributed by atoms with Gasteiger partial charge in [-0.05, 0) is 38.0 Å². The van der Waals surface area contributed by atoms with Gasteiger partial charge in [0.15, 0.2) is 5.65 Å². The van der Waals surface area contributed by atoms with E-state index < -0.39 is 0 Å². The molecule has 1 atom stereocenters. The number of nitrogens with zero attached hydrogens (tertiary/aromatic N) is 4. The third-order valence-corrected chi connectivity index (χ3v) is 3.63. The minimum atomic E-state index is 0.231. The highest BCUT2D eigenvalue weighted by Gasteiger charge is 2.21. The summed E-state index contributed by atoms with van der Waals surface area (Å²) >= 11 is 5.88. The second kappa shape index (κ2) is 4.70. The Morgan fingerprint density at radius 3 is 3.22 bits per heavy atom. The number of hydrogen-bond acceptors (Lipinski definition) is 5. The Morgan fingerprint density at radius 2 is 2.44 bits per heavy atom. The van der Waals surface area contributed by atoms with Gasteiger partial charge >= 0.3 is 0 Å². The predicted molar refractivity (Wildman–Crippen MR) is 70.8 cm³/mol. The van der Waals surface area contributed by atoms with Gasteiger partial charge in [-0.1, -0.05) is 0 Å². The number of fused-ring (bicyclic) bond motifs is 1. The Labute approximate surface area is 110 Å². The van der Waals surface area contributed by atoms with Gasteiger partial charge in [-0.3, -0.25) is 5.10 Å². The van der Waals surface area contributed by atoms with E-state index in [2.05, 4.69) is 37.4 Å². The van der Waals surface area contributed by atoms with Gasteiger partial charge in [0.1, 0.15) is 5.82 Å². The van der Waals surface area contributed by atoms with Crippen LogP contribution >= 0.6 is 11.6 Å². The van der Waals surface area contributed by atoms with Crippen LogP contribution in [0.4, 0.5) is 5.82 Å². The van der Waals surface area contributed by atoms with Gasteiger partial charge in [0, 0.05) is 12.6 Å². The highest BCUT2D eigenvalue weighted by atomic mass is 35.5. The van der Waals surface area contributed by atoms with Crippen LogP contribution in [0.25, 0.3) is 11.0 Å². The number of nitrogens with one attached hydrogen (secondary N) is 2. The molecule has 96 valence electrons. The van der Waals surface area contributed by atoms with Gasteiger partial charge in [-0.15, -0.1) is 0 Å². The number of anilines is 1. The van der Waals surface area contributed by atoms with E-state index in [1.165, 1.54) is 12.8 Å². The molecule has 0 saturated carbocycles. The van der Waals surface area contributed by atoms with Crippen LogP contribution in [0.5, 0.6) is 0 Å². The molecule has 6 nitrogen and oxygen atoms in total. The number of aromatic nitrogens is 4. The van der Waals surface area contributed by atoms with E-state index in [0.717, 1.165) is 24.3 Å². The van der Waals surface area contributed by atoms with Crippen molar-refractivity contribution in [1.82, 2.24) is 25.1 Å². The van der Waals surface area contributed by atoms with Crippen molar-refractivity contribution in [2.45, 2.75) is 18.9 Å². The van der Waals surface area contributed by atoms with Crippen LogP contribution in [0.15, 0.2) is 6.20 Å². The molecule has 0 amide bonds. The Bertz CT molecular complexity index is 553. The minimum Gasteiger partial charge on any atom is -0.368 e. The van der Waals surface area contributed by atoms with Gasteiger partial charge in [0.25, 0.3) is 0 Å². The normalized spacial score (nSPS) is 20.7. The van der Waals surface area contributed by atoms with E-state index >= 15 is 0 Å². The van der Waals surface area contributed by atoms with Crippen molar-refractivity contribution in [2.75, 3.05) is 25.5 Å². The molecule has 0 spiro atoms. The summed E-state index contributed by atoms with van der Waals surface area (Å²) in [6.45, 7) is 2.03. The topological polar surface area (TPSA) is 69.7 Å². The maximum Gasteiger partial charge on any atom is 0.226 e. The average Bonchev–Trinajstić information content (AvgIpc) is 2.94. The smallest absolute Gasteiger partial charge is 0.226 e. The first-order valence-electron chi connectivity index (χ1n) is 6.05. The minimum absolute atomic E-state index is 0.231. The fraction of sp³-hybridized carbons (Fsp3) is 0.545. The standard InChI is InChI=1S/C11H15ClN6/c1-18-4-2-3-7(18)5-13-9-8-6-14-17-10(8)16-11(12)15-9/h6-7H,2-5H2,1H3,(H2,13,14,15,16,17). The fourth-order valence-corrected chi connectivity index (χ4v) is 2.56. The van der Waals surface area contributed by atoms with Crippen molar-refractivity contribution in [3.63, 3.8) is 0 Å². The molecule has 1 fully saturated rings. The molecule has 0 aliphatic carbocycles. The number of likely N-dealkylation sites (N-methyl/N-ethyl adjacent to an activating group) is 1. The molecule has 1 saturated heterocycles. The summed E-state index contributed by atoms with van der Waals surface area (Å²) in [5.41, 5.74) is 0.664. The number of hydrogen-bond donors (Lipinski definition) is 2. The summed E-state index contributed by atoms with van der Waals surface area (Å²) in [5.74, 6) is 0.749. The van der Waals surface area contributed by atoms with Gasteiger partial charge < -0.3 is 10.2 Å². The van der Waals surface area contributed by atoms with Gasteiger partial charge in [0.2, 0.25) is 5.28 Å². The molecule has 3 heterocycles. The van der Waals surface area contributed by atoms with E-state index in [1.54, 1.807) is 6.20 Å². The lowest BCUT2D eigenvalue weighted by Crippen LogP contribution is -2.31. The molecular formula is C11H15ClN6. The SMILES string of the molecule is CN1CCCC1CNc1nc(Cl)nc2[nH]ncc12. The third-order valence-electron chi connectivity index (χ3n) is 3.46. The number of aromatic amines is 1. The van der Waals surface area contributed by atoms with Gasteiger partial charge in [0.05, 0.1) is 11.6 Å². The molecule has 0 radical (unpaired) electrons. The maximum atomic E-state index is 5.88. The van der Waals surface area contributed by atoms with Crippen molar-refractivity contribution in [3.05, 3.63) is 11.5 Å². The van der Waals surface area contributed by atoms with Crippen LogP contribution in [-0.4, -0.2) is 51.2 Å². The van der Waals surface area contributed by atoms with E-state index in [4.69, 9.17) is 11.6 Å². The largest absolute Gasteiger partial charge is 0.368 e. The summed E-state index contributed by atoms with van der Waals surface area (Å²) in [6, 6.07) is 0.556. The van der Waals surface area contributed by atoms with E-state index in [1.807, 2.05) is 0 Å². The summed E-state index contributed by atoms with van der Waals surface area (Å²) in [5, 5.41) is 11.2. The maximum absolute atomic E-state index is 5.88. The summed E-state index contributed by atoms with van der Waals surface area (Å²) < 4.78 is 0. The highest BCUT2D eigenvalue weighted by molar-refractivity contribution is 6.28. The quantitative estimate of drug-likeness (QED) is 0.824. The molecule has 18 heavy (non-hydrogen) atoms. The van der Waals surface area contributed by atoms with Crippen molar-refractivity contribution in [1.29, 1.82) is 0 Å². The highest BCUT2D eigenvalue weighted by Crippen LogP contribution is 2.21. The number of H-pyrrole nitrogens is 1. The van der Waals surface area contributed by atoms with Crippen LogP contribution in [0.3, 0.4) is 0 Å². The zero-order valence-electron chi connectivity index (χ0n) is 10.1. The first-order chi connectivity index (χ1) is 8.74. The van der Waals surface area contributed by atoms with E-state index in [-0.39, 0.29) is 5.28 Å². The molecule has 2 aromatic heterocycles. The van der Waals surface area contributed by atoms with E-state index in [0.29, 0.717) is 11.7 Å². The monoisotopic (exact) mass is 266 g/mol. The van der Waals surface area contributed by atoms with Crippen LogP contribution < -0.4 is 5.32 Å². The summed E-state index contributed by atoms with van der Waals surface area (Å²) in [7, 11) is 2.15. The molecule has 7 heteroatoms. The molecule has 0 bridgehead atoms. The molecular weight excluding hydrogens is 252 g/mol. The van der Waals surface area contributed by atoms with Crippen LogP contribution in [0.1, 0.15) is 12.8 Å².